The Balaban J connectivity index is 1.36. The fourth-order valence-electron chi connectivity index (χ4n) is 6.58. The van der Waals surface area contributed by atoms with E-state index < -0.39 is 21.4 Å². The quantitative estimate of drug-likeness (QED) is 0.113. The first-order valence-electron chi connectivity index (χ1n) is 14.5. The monoisotopic (exact) mass is 640 g/mol. The van der Waals surface area contributed by atoms with E-state index in [1.54, 1.807) is 26.4 Å². The number of methoxy groups -OCH3 is 2. The Morgan fingerprint density at radius 1 is 0.822 bits per heavy atom. The van der Waals surface area contributed by atoms with Gasteiger partial charge in [0.2, 0.25) is 0 Å². The molecule has 2 heterocycles. The predicted octanol–water partition coefficient (Wildman–Crippen LogP) is 6.88. The van der Waals surface area contributed by atoms with Crippen LogP contribution in [0.4, 0.5) is 13.2 Å². The fourth-order valence-corrected chi connectivity index (χ4v) is 7.04. The van der Waals surface area contributed by atoms with Gasteiger partial charge in [0.15, 0.2) is 11.5 Å². The van der Waals surface area contributed by atoms with Crippen LogP contribution in [0.3, 0.4) is 0 Å². The molecule has 0 aromatic heterocycles. The highest BCUT2D eigenvalue weighted by atomic mass is 32.2. The summed E-state index contributed by atoms with van der Waals surface area (Å²) in [6.45, 7) is 2.53. The molecule has 0 fully saturated rings. The van der Waals surface area contributed by atoms with Gasteiger partial charge < -0.3 is 22.9 Å². The maximum Gasteiger partial charge on any atom is 0.534 e. The molecule has 236 valence electrons. The van der Waals surface area contributed by atoms with Crippen molar-refractivity contribution in [3.63, 3.8) is 0 Å². The average Bonchev–Trinajstić information content (AvgIpc) is 3.03. The molecule has 4 aromatic carbocycles. The normalized spacial score (nSPS) is 19.1. The number of ether oxygens (including phenoxy) is 3. The van der Waals surface area contributed by atoms with Gasteiger partial charge in [0.25, 0.3) is 0 Å². The lowest BCUT2D eigenvalue weighted by molar-refractivity contribution is -0.985. The molecular formula is C34H33F3NO6S+. The molecule has 0 amide bonds. The number of alkyl halides is 3. The molecule has 0 radical (unpaired) electrons. The van der Waals surface area contributed by atoms with E-state index in [9.17, 15) is 21.6 Å². The van der Waals surface area contributed by atoms with E-state index in [-0.39, 0.29) is 6.04 Å². The summed E-state index contributed by atoms with van der Waals surface area (Å²) < 4.78 is 84.3. The van der Waals surface area contributed by atoms with Gasteiger partial charge in [0.1, 0.15) is 37.2 Å². The summed E-state index contributed by atoms with van der Waals surface area (Å²) in [6, 6.07) is 26.1. The SMILES string of the molecule is COc1cc2c(cc1OC)[C@@H]1Cc3c(cccc3OCc3ccccc3)C[N@@+]1(Cc1ccc(OS(=O)(=O)C(F)(F)F)cc1)CC2. The maximum absolute atomic E-state index is 12.9. The van der Waals surface area contributed by atoms with Crippen molar-refractivity contribution in [3.8, 4) is 23.0 Å². The number of quaternary nitrogens is 1. The molecule has 4 aromatic rings. The van der Waals surface area contributed by atoms with Crippen molar-refractivity contribution < 1.29 is 44.5 Å². The summed E-state index contributed by atoms with van der Waals surface area (Å²) in [5.41, 5.74) is 1.07. The van der Waals surface area contributed by atoms with Gasteiger partial charge in [-0.2, -0.15) is 21.6 Å². The van der Waals surface area contributed by atoms with E-state index in [0.29, 0.717) is 42.1 Å². The first-order chi connectivity index (χ1) is 21.5. The number of halogens is 3. The zero-order chi connectivity index (χ0) is 31.8. The second-order valence-electron chi connectivity index (χ2n) is 11.4. The van der Waals surface area contributed by atoms with Crippen molar-refractivity contribution in [2.24, 2.45) is 0 Å². The second-order valence-corrected chi connectivity index (χ2v) is 13.0. The molecule has 2 atom stereocenters. The number of rotatable bonds is 9. The average molecular weight is 641 g/mol. The number of hydrogen-bond acceptors (Lipinski definition) is 6. The largest absolute Gasteiger partial charge is 0.534 e. The van der Waals surface area contributed by atoms with Crippen molar-refractivity contribution in [2.45, 2.75) is 44.1 Å². The molecule has 0 aliphatic carbocycles. The van der Waals surface area contributed by atoms with Crippen LogP contribution in [-0.2, 0) is 42.7 Å². The van der Waals surface area contributed by atoms with Gasteiger partial charge in [-0.25, -0.2) is 0 Å². The zero-order valence-corrected chi connectivity index (χ0v) is 25.7. The number of nitrogens with zero attached hydrogens (tertiary/aromatic N) is 1. The van der Waals surface area contributed by atoms with Crippen molar-refractivity contribution in [2.75, 3.05) is 20.8 Å². The molecule has 11 heteroatoms. The Hall–Kier alpha value is -4.22. The number of fused-ring (bicyclic) bond motifs is 4. The van der Waals surface area contributed by atoms with E-state index in [2.05, 4.69) is 16.3 Å². The molecule has 0 spiro atoms. The topological polar surface area (TPSA) is 71.1 Å². The van der Waals surface area contributed by atoms with Crippen molar-refractivity contribution >= 4 is 10.1 Å². The minimum absolute atomic E-state index is 0.0177. The standard InChI is InChI=1S/C34H33F3NO6S/c1-41-32-17-25-15-16-38(20-23-11-13-27(14-12-23)44-45(39,40)34(35,36)37)21-26-9-6-10-31(43-22-24-7-4-3-5-8-24)29(26)18-30(38)28(25)19-33(32)42-2/h3-14,17,19,30H,15-16,18,20-22H2,1-2H3/q+1/t30-,38-/m0/s1. The minimum Gasteiger partial charge on any atom is -0.493 e. The molecule has 45 heavy (non-hydrogen) atoms. The fraction of sp³-hybridized carbons (Fsp3) is 0.294. The van der Waals surface area contributed by atoms with Crippen LogP contribution in [0.25, 0.3) is 0 Å². The van der Waals surface area contributed by atoms with E-state index in [0.717, 1.165) is 41.0 Å². The van der Waals surface area contributed by atoms with Gasteiger partial charge in [-0.3, -0.25) is 0 Å². The third-order valence-corrected chi connectivity index (χ3v) is 9.73. The molecule has 6 rings (SSSR count). The van der Waals surface area contributed by atoms with Crippen molar-refractivity contribution in [1.29, 1.82) is 0 Å². The smallest absolute Gasteiger partial charge is 0.493 e. The van der Waals surface area contributed by atoms with E-state index in [1.165, 1.54) is 23.3 Å². The van der Waals surface area contributed by atoms with Crippen LogP contribution in [0.1, 0.15) is 39.4 Å². The third-order valence-electron chi connectivity index (χ3n) is 8.75. The van der Waals surface area contributed by atoms with E-state index in [1.807, 2.05) is 48.5 Å². The lowest BCUT2D eigenvalue weighted by Crippen LogP contribution is -2.55. The lowest BCUT2D eigenvalue weighted by atomic mass is 9.80. The molecule has 0 bridgehead atoms. The van der Waals surface area contributed by atoms with Crippen LogP contribution >= 0.6 is 0 Å². The van der Waals surface area contributed by atoms with Crippen molar-refractivity contribution in [1.82, 2.24) is 0 Å². The molecule has 2 aliphatic heterocycles. The first-order valence-corrected chi connectivity index (χ1v) is 15.9. The summed E-state index contributed by atoms with van der Waals surface area (Å²) in [4.78, 5) is 0. The zero-order valence-electron chi connectivity index (χ0n) is 24.8. The molecule has 0 unspecified atom stereocenters. The third kappa shape index (κ3) is 6.06. The summed E-state index contributed by atoms with van der Waals surface area (Å²) in [5.74, 6) is 1.76. The lowest BCUT2D eigenvalue weighted by Gasteiger charge is -2.51. The highest BCUT2D eigenvalue weighted by molar-refractivity contribution is 7.88. The highest BCUT2D eigenvalue weighted by Gasteiger charge is 2.49. The van der Waals surface area contributed by atoms with Gasteiger partial charge >= 0.3 is 15.6 Å². The summed E-state index contributed by atoms with van der Waals surface area (Å²) >= 11 is 0. The van der Waals surface area contributed by atoms with Gasteiger partial charge in [-0.1, -0.05) is 42.5 Å². The molecule has 0 saturated heterocycles. The van der Waals surface area contributed by atoms with Crippen molar-refractivity contribution in [3.05, 3.63) is 118 Å². The Bertz CT molecular complexity index is 1800. The van der Waals surface area contributed by atoms with Crippen LogP contribution in [0.5, 0.6) is 23.0 Å². The van der Waals surface area contributed by atoms with Gasteiger partial charge in [-0.05, 0) is 53.6 Å². The second kappa shape index (κ2) is 11.9. The summed E-state index contributed by atoms with van der Waals surface area (Å²) in [7, 11) is -2.52. The van der Waals surface area contributed by atoms with E-state index in [4.69, 9.17) is 14.2 Å². The van der Waals surface area contributed by atoms with Gasteiger partial charge in [0, 0.05) is 35.1 Å². The van der Waals surface area contributed by atoms with Crippen LogP contribution in [-0.4, -0.2) is 39.2 Å². The molecule has 7 nitrogen and oxygen atoms in total. The first kappa shape index (κ1) is 30.8. The number of benzene rings is 4. The molecule has 0 N–H and O–H groups in total. The van der Waals surface area contributed by atoms with Crippen LogP contribution in [0, 0.1) is 0 Å². The summed E-state index contributed by atoms with van der Waals surface area (Å²) in [5, 5.41) is 0. The minimum atomic E-state index is -5.76. The van der Waals surface area contributed by atoms with E-state index >= 15 is 0 Å². The van der Waals surface area contributed by atoms with Crippen LogP contribution < -0.4 is 18.4 Å². The van der Waals surface area contributed by atoms with Gasteiger partial charge in [0.05, 0.1) is 20.8 Å². The van der Waals surface area contributed by atoms with Crippen LogP contribution in [0.2, 0.25) is 0 Å². The Labute approximate surface area is 260 Å². The summed E-state index contributed by atoms with van der Waals surface area (Å²) in [6.07, 6.45) is 1.49. The Kier molecular flexibility index (Phi) is 8.17. The molecule has 0 saturated carbocycles. The highest BCUT2D eigenvalue weighted by Crippen LogP contribution is 2.49. The Morgan fingerprint density at radius 2 is 1.53 bits per heavy atom. The number of hydrogen-bond donors (Lipinski definition) is 0. The maximum atomic E-state index is 12.9. The molecule has 2 aliphatic rings. The van der Waals surface area contributed by atoms with Crippen LogP contribution in [0.15, 0.2) is 84.9 Å². The van der Waals surface area contributed by atoms with Gasteiger partial charge in [-0.15, -0.1) is 0 Å². The predicted molar refractivity (Wildman–Crippen MR) is 161 cm³/mol. The Morgan fingerprint density at radius 3 is 2.22 bits per heavy atom. The molecular weight excluding hydrogens is 607 g/mol.